The second-order valence-electron chi connectivity index (χ2n) is 3.30. The standard InChI is InChI=1S/C11H12N2O4/c1-12-6-2-3-8-4-5-10(13(16)17)9(7-8)11(14)15/h2-5,7,12H,6H2,1H3,(H,14,15). The van der Waals surface area contributed by atoms with E-state index in [1.165, 1.54) is 18.2 Å². The Kier molecular flexibility index (Phi) is 4.36. The van der Waals surface area contributed by atoms with Crippen molar-refractivity contribution in [3.05, 3.63) is 45.5 Å². The van der Waals surface area contributed by atoms with Crippen LogP contribution in [0.2, 0.25) is 0 Å². The first-order chi connectivity index (χ1) is 8.06. The Labute approximate surface area is 97.7 Å². The molecule has 0 spiro atoms. The van der Waals surface area contributed by atoms with Gasteiger partial charge in [0.25, 0.3) is 5.69 Å². The summed E-state index contributed by atoms with van der Waals surface area (Å²) in [4.78, 5) is 20.8. The molecule has 0 aliphatic rings. The van der Waals surface area contributed by atoms with E-state index in [9.17, 15) is 14.9 Å². The maximum atomic E-state index is 10.9. The number of nitrogens with zero attached hydrogens (tertiary/aromatic N) is 1. The zero-order valence-electron chi connectivity index (χ0n) is 9.21. The number of nitrogens with one attached hydrogen (secondary N) is 1. The normalized spacial score (nSPS) is 10.6. The number of rotatable bonds is 5. The van der Waals surface area contributed by atoms with Gasteiger partial charge in [-0.15, -0.1) is 0 Å². The van der Waals surface area contributed by atoms with Crippen LogP contribution in [-0.2, 0) is 0 Å². The first-order valence-electron chi connectivity index (χ1n) is 4.89. The van der Waals surface area contributed by atoms with Crippen LogP contribution in [0.25, 0.3) is 6.08 Å². The molecule has 0 aliphatic carbocycles. The third kappa shape index (κ3) is 3.39. The van der Waals surface area contributed by atoms with Crippen LogP contribution in [-0.4, -0.2) is 29.6 Å². The lowest BCUT2D eigenvalue weighted by Gasteiger charge is -1.99. The number of likely N-dealkylation sites (N-methyl/N-ethyl adjacent to an activating group) is 1. The Morgan fingerprint density at radius 2 is 2.29 bits per heavy atom. The predicted octanol–water partition coefficient (Wildman–Crippen LogP) is 1.53. The van der Waals surface area contributed by atoms with E-state index in [-0.39, 0.29) is 5.56 Å². The highest BCUT2D eigenvalue weighted by molar-refractivity contribution is 5.93. The smallest absolute Gasteiger partial charge is 0.342 e. The van der Waals surface area contributed by atoms with Crippen molar-refractivity contribution in [1.82, 2.24) is 5.32 Å². The van der Waals surface area contributed by atoms with Gasteiger partial charge in [0.2, 0.25) is 0 Å². The number of carboxylic acid groups (broad SMARTS) is 1. The Morgan fingerprint density at radius 1 is 1.59 bits per heavy atom. The number of hydrogen-bond donors (Lipinski definition) is 2. The van der Waals surface area contributed by atoms with Crippen molar-refractivity contribution < 1.29 is 14.8 Å². The van der Waals surface area contributed by atoms with Crippen molar-refractivity contribution in [1.29, 1.82) is 0 Å². The summed E-state index contributed by atoms with van der Waals surface area (Å²) < 4.78 is 0. The molecule has 0 saturated heterocycles. The van der Waals surface area contributed by atoms with Crippen molar-refractivity contribution in [3.8, 4) is 0 Å². The van der Waals surface area contributed by atoms with Gasteiger partial charge >= 0.3 is 5.97 Å². The van der Waals surface area contributed by atoms with Crippen LogP contribution < -0.4 is 5.32 Å². The summed E-state index contributed by atoms with van der Waals surface area (Å²) in [5, 5.41) is 22.4. The molecule has 1 rings (SSSR count). The molecule has 0 aliphatic heterocycles. The molecule has 0 atom stereocenters. The van der Waals surface area contributed by atoms with E-state index in [0.717, 1.165) is 0 Å². The fraction of sp³-hybridized carbons (Fsp3) is 0.182. The highest BCUT2D eigenvalue weighted by Gasteiger charge is 2.19. The number of nitro groups is 1. The molecule has 90 valence electrons. The molecule has 2 N–H and O–H groups in total. The van der Waals surface area contributed by atoms with Crippen LogP contribution in [0.3, 0.4) is 0 Å². The summed E-state index contributed by atoms with van der Waals surface area (Å²) in [6.45, 7) is 0.638. The monoisotopic (exact) mass is 236 g/mol. The van der Waals surface area contributed by atoms with Gasteiger partial charge in [0.1, 0.15) is 5.56 Å². The molecule has 0 bridgehead atoms. The van der Waals surface area contributed by atoms with Crippen LogP contribution in [0.5, 0.6) is 0 Å². The molecular formula is C11H12N2O4. The summed E-state index contributed by atoms with van der Waals surface area (Å²) in [6, 6.07) is 3.99. The number of aromatic carboxylic acids is 1. The molecule has 1 aromatic rings. The molecule has 0 saturated carbocycles. The van der Waals surface area contributed by atoms with Gasteiger partial charge in [0.15, 0.2) is 0 Å². The Morgan fingerprint density at radius 3 is 2.82 bits per heavy atom. The topological polar surface area (TPSA) is 92.5 Å². The number of benzene rings is 1. The maximum Gasteiger partial charge on any atom is 0.342 e. The van der Waals surface area contributed by atoms with Crippen molar-refractivity contribution in [2.24, 2.45) is 0 Å². The number of hydrogen-bond acceptors (Lipinski definition) is 4. The van der Waals surface area contributed by atoms with E-state index in [1.807, 2.05) is 0 Å². The highest BCUT2D eigenvalue weighted by atomic mass is 16.6. The summed E-state index contributed by atoms with van der Waals surface area (Å²) in [5.74, 6) is -1.31. The molecular weight excluding hydrogens is 224 g/mol. The average molecular weight is 236 g/mol. The van der Waals surface area contributed by atoms with Crippen molar-refractivity contribution in [2.75, 3.05) is 13.6 Å². The fourth-order valence-electron chi connectivity index (χ4n) is 1.30. The average Bonchev–Trinajstić information content (AvgIpc) is 2.29. The fourth-order valence-corrected chi connectivity index (χ4v) is 1.30. The summed E-state index contributed by atoms with van der Waals surface area (Å²) in [5.41, 5.74) is -0.0897. The Balaban J connectivity index is 3.10. The third-order valence-electron chi connectivity index (χ3n) is 2.08. The minimum atomic E-state index is -1.31. The van der Waals surface area contributed by atoms with E-state index in [4.69, 9.17) is 5.11 Å². The second-order valence-corrected chi connectivity index (χ2v) is 3.30. The maximum absolute atomic E-state index is 10.9. The molecule has 0 unspecified atom stereocenters. The highest BCUT2D eigenvalue weighted by Crippen LogP contribution is 2.20. The number of carbonyl (C=O) groups is 1. The molecule has 6 nitrogen and oxygen atoms in total. The minimum Gasteiger partial charge on any atom is -0.477 e. The summed E-state index contributed by atoms with van der Waals surface area (Å²) in [6.07, 6.45) is 3.50. The molecule has 6 heteroatoms. The van der Waals surface area contributed by atoms with Crippen LogP contribution >= 0.6 is 0 Å². The number of carboxylic acids is 1. The van der Waals surface area contributed by atoms with E-state index < -0.39 is 16.6 Å². The molecule has 0 amide bonds. The van der Waals surface area contributed by atoms with Gasteiger partial charge in [-0.25, -0.2) is 4.79 Å². The Hall–Kier alpha value is -2.21. The first-order valence-corrected chi connectivity index (χ1v) is 4.89. The van der Waals surface area contributed by atoms with Gasteiger partial charge in [0, 0.05) is 12.6 Å². The quantitative estimate of drug-likeness (QED) is 0.597. The largest absolute Gasteiger partial charge is 0.477 e. The molecule has 0 heterocycles. The van der Waals surface area contributed by atoms with Gasteiger partial charge in [-0.3, -0.25) is 10.1 Å². The van der Waals surface area contributed by atoms with Crippen LogP contribution in [0.1, 0.15) is 15.9 Å². The zero-order valence-corrected chi connectivity index (χ0v) is 9.21. The Bertz CT molecular complexity index is 469. The molecule has 1 aromatic carbocycles. The van der Waals surface area contributed by atoms with Crippen LogP contribution in [0.4, 0.5) is 5.69 Å². The van der Waals surface area contributed by atoms with Gasteiger partial charge in [-0.1, -0.05) is 12.2 Å². The lowest BCUT2D eigenvalue weighted by molar-refractivity contribution is -0.385. The summed E-state index contributed by atoms with van der Waals surface area (Å²) >= 11 is 0. The lowest BCUT2D eigenvalue weighted by Crippen LogP contribution is -2.04. The van der Waals surface area contributed by atoms with Crippen molar-refractivity contribution in [2.45, 2.75) is 0 Å². The molecule has 0 aromatic heterocycles. The van der Waals surface area contributed by atoms with Gasteiger partial charge < -0.3 is 10.4 Å². The SMILES string of the molecule is CNCC=Cc1ccc([N+](=O)[O-])c(C(=O)O)c1. The second kappa shape index (κ2) is 5.76. The van der Waals surface area contributed by atoms with Crippen LogP contribution in [0.15, 0.2) is 24.3 Å². The summed E-state index contributed by atoms with van der Waals surface area (Å²) in [7, 11) is 1.78. The predicted molar refractivity (Wildman–Crippen MR) is 63.0 cm³/mol. The van der Waals surface area contributed by atoms with E-state index in [2.05, 4.69) is 5.32 Å². The first kappa shape index (κ1) is 12.9. The van der Waals surface area contributed by atoms with Crippen LogP contribution in [0, 0.1) is 10.1 Å². The van der Waals surface area contributed by atoms with Crippen molar-refractivity contribution in [3.63, 3.8) is 0 Å². The zero-order chi connectivity index (χ0) is 12.8. The van der Waals surface area contributed by atoms with E-state index >= 15 is 0 Å². The minimum absolute atomic E-state index is 0.304. The molecule has 0 radical (unpaired) electrons. The van der Waals surface area contributed by atoms with Gasteiger partial charge in [0.05, 0.1) is 4.92 Å². The van der Waals surface area contributed by atoms with Crippen molar-refractivity contribution >= 4 is 17.7 Å². The lowest BCUT2D eigenvalue weighted by atomic mass is 10.1. The third-order valence-corrected chi connectivity index (χ3v) is 2.08. The van der Waals surface area contributed by atoms with Gasteiger partial charge in [-0.05, 0) is 24.7 Å². The molecule has 0 fully saturated rings. The molecule has 17 heavy (non-hydrogen) atoms. The van der Waals surface area contributed by atoms with E-state index in [0.29, 0.717) is 12.1 Å². The van der Waals surface area contributed by atoms with E-state index in [1.54, 1.807) is 19.2 Å². The van der Waals surface area contributed by atoms with Gasteiger partial charge in [-0.2, -0.15) is 0 Å². The number of nitro benzene ring substituents is 1.